The van der Waals surface area contributed by atoms with Crippen LogP contribution in [0.1, 0.15) is 43.7 Å². The number of fused-ring (bicyclic) bond motifs is 2. The summed E-state index contributed by atoms with van der Waals surface area (Å²) in [4.78, 5) is 12.6. The van der Waals surface area contributed by atoms with Gasteiger partial charge in [0.1, 0.15) is 0 Å². The van der Waals surface area contributed by atoms with E-state index in [-0.39, 0.29) is 5.78 Å². The van der Waals surface area contributed by atoms with Gasteiger partial charge in [0.15, 0.2) is 5.78 Å². The molecule has 0 aliphatic heterocycles. The Hall–Kier alpha value is -1.89. The maximum Gasteiger partial charge on any atom is 0.193 e. The van der Waals surface area contributed by atoms with Crippen LogP contribution in [0.4, 0.5) is 0 Å². The summed E-state index contributed by atoms with van der Waals surface area (Å²) in [5.74, 6) is 0.187. The lowest BCUT2D eigenvalue weighted by Crippen LogP contribution is -2.17. The summed E-state index contributed by atoms with van der Waals surface area (Å²) in [6, 6.07) is 10.1. The molecule has 18 heavy (non-hydrogen) atoms. The zero-order valence-corrected chi connectivity index (χ0v) is 11.0. The van der Waals surface area contributed by atoms with Crippen LogP contribution in [-0.4, -0.2) is 5.78 Å². The van der Waals surface area contributed by atoms with Crippen LogP contribution >= 0.6 is 0 Å². The lowest BCUT2D eigenvalue weighted by Gasteiger charge is -2.22. The van der Waals surface area contributed by atoms with Crippen molar-refractivity contribution in [2.45, 2.75) is 27.2 Å². The molecule has 0 aromatic heterocycles. The average molecular weight is 236 g/mol. The second-order valence-electron chi connectivity index (χ2n) is 5.14. The molecule has 0 saturated heterocycles. The molecule has 1 aliphatic carbocycles. The molecule has 3 rings (SSSR count). The van der Waals surface area contributed by atoms with E-state index in [2.05, 4.69) is 32.9 Å². The maximum absolute atomic E-state index is 12.6. The van der Waals surface area contributed by atoms with Crippen molar-refractivity contribution in [3.8, 4) is 0 Å². The SMILES string of the molecule is Cc1cc2c(c(C)c1C)C(=O)c1ccccc1C2. The zero-order chi connectivity index (χ0) is 12.9. The van der Waals surface area contributed by atoms with E-state index < -0.39 is 0 Å². The molecular weight excluding hydrogens is 220 g/mol. The van der Waals surface area contributed by atoms with Gasteiger partial charge in [-0.15, -0.1) is 0 Å². The molecule has 0 amide bonds. The molecule has 1 aliphatic rings. The van der Waals surface area contributed by atoms with E-state index in [9.17, 15) is 4.79 Å². The predicted molar refractivity (Wildman–Crippen MR) is 73.3 cm³/mol. The van der Waals surface area contributed by atoms with E-state index in [4.69, 9.17) is 0 Å². The number of benzene rings is 2. The summed E-state index contributed by atoms with van der Waals surface area (Å²) in [5.41, 5.74) is 7.79. The van der Waals surface area contributed by atoms with Crippen molar-refractivity contribution in [1.29, 1.82) is 0 Å². The molecule has 0 heterocycles. The summed E-state index contributed by atoms with van der Waals surface area (Å²) < 4.78 is 0. The number of ketones is 1. The van der Waals surface area contributed by atoms with Gasteiger partial charge in [-0.25, -0.2) is 0 Å². The van der Waals surface area contributed by atoms with E-state index in [0.717, 1.165) is 28.7 Å². The lowest BCUT2D eigenvalue weighted by molar-refractivity contribution is 0.103. The van der Waals surface area contributed by atoms with Gasteiger partial charge in [0.25, 0.3) is 0 Å². The van der Waals surface area contributed by atoms with Crippen LogP contribution in [0.5, 0.6) is 0 Å². The number of rotatable bonds is 0. The molecule has 1 nitrogen and oxygen atoms in total. The van der Waals surface area contributed by atoms with Crippen LogP contribution in [0.3, 0.4) is 0 Å². The topological polar surface area (TPSA) is 17.1 Å². The molecule has 2 aromatic carbocycles. The maximum atomic E-state index is 12.6. The minimum absolute atomic E-state index is 0.187. The van der Waals surface area contributed by atoms with E-state index in [1.807, 2.05) is 18.2 Å². The largest absolute Gasteiger partial charge is 0.289 e. The molecule has 0 bridgehead atoms. The van der Waals surface area contributed by atoms with Crippen LogP contribution in [-0.2, 0) is 6.42 Å². The molecule has 0 unspecified atom stereocenters. The number of carbonyl (C=O) groups excluding carboxylic acids is 1. The third-order valence-electron chi connectivity index (χ3n) is 4.11. The Kier molecular flexibility index (Phi) is 2.37. The van der Waals surface area contributed by atoms with Gasteiger partial charge in [-0.05, 0) is 55.0 Å². The fraction of sp³-hybridized carbons (Fsp3) is 0.235. The molecule has 90 valence electrons. The fourth-order valence-corrected chi connectivity index (χ4v) is 2.86. The van der Waals surface area contributed by atoms with Crippen LogP contribution in [0, 0.1) is 20.8 Å². The van der Waals surface area contributed by atoms with E-state index >= 15 is 0 Å². The van der Waals surface area contributed by atoms with Gasteiger partial charge in [0, 0.05) is 11.1 Å². The number of aryl methyl sites for hydroxylation is 1. The van der Waals surface area contributed by atoms with Gasteiger partial charge in [0.2, 0.25) is 0 Å². The van der Waals surface area contributed by atoms with Crippen molar-refractivity contribution in [3.05, 3.63) is 69.3 Å². The average Bonchev–Trinajstić information content (AvgIpc) is 2.36. The second kappa shape index (κ2) is 3.81. The highest BCUT2D eigenvalue weighted by atomic mass is 16.1. The summed E-state index contributed by atoms with van der Waals surface area (Å²) in [6.07, 6.45) is 0.874. The molecule has 0 fully saturated rings. The van der Waals surface area contributed by atoms with Crippen molar-refractivity contribution in [2.75, 3.05) is 0 Å². The normalized spacial score (nSPS) is 13.2. The van der Waals surface area contributed by atoms with Crippen LogP contribution < -0.4 is 0 Å². The Morgan fingerprint density at radius 2 is 1.67 bits per heavy atom. The van der Waals surface area contributed by atoms with Crippen LogP contribution in [0.2, 0.25) is 0 Å². The Morgan fingerprint density at radius 1 is 0.944 bits per heavy atom. The van der Waals surface area contributed by atoms with Crippen molar-refractivity contribution >= 4 is 5.78 Å². The Balaban J connectivity index is 2.29. The summed E-state index contributed by atoms with van der Waals surface area (Å²) in [5, 5.41) is 0. The highest BCUT2D eigenvalue weighted by molar-refractivity contribution is 6.13. The van der Waals surface area contributed by atoms with Gasteiger partial charge in [-0.3, -0.25) is 4.79 Å². The quantitative estimate of drug-likeness (QED) is 0.581. The zero-order valence-electron chi connectivity index (χ0n) is 11.0. The summed E-state index contributed by atoms with van der Waals surface area (Å²) in [6.45, 7) is 6.28. The Labute approximate surface area is 107 Å². The number of hydrogen-bond acceptors (Lipinski definition) is 1. The first-order valence-electron chi connectivity index (χ1n) is 6.32. The number of carbonyl (C=O) groups is 1. The molecule has 0 radical (unpaired) electrons. The molecule has 2 aromatic rings. The van der Waals surface area contributed by atoms with E-state index in [0.29, 0.717) is 0 Å². The van der Waals surface area contributed by atoms with Gasteiger partial charge < -0.3 is 0 Å². The molecule has 0 spiro atoms. The Bertz CT molecular complexity index is 666. The third-order valence-corrected chi connectivity index (χ3v) is 4.11. The summed E-state index contributed by atoms with van der Waals surface area (Å²) >= 11 is 0. The minimum atomic E-state index is 0.187. The monoisotopic (exact) mass is 236 g/mol. The first-order valence-corrected chi connectivity index (χ1v) is 6.32. The van der Waals surface area contributed by atoms with Crippen LogP contribution in [0.25, 0.3) is 0 Å². The third kappa shape index (κ3) is 1.43. The predicted octanol–water partition coefficient (Wildman–Crippen LogP) is 3.75. The van der Waals surface area contributed by atoms with Gasteiger partial charge >= 0.3 is 0 Å². The van der Waals surface area contributed by atoms with Gasteiger partial charge in [0.05, 0.1) is 0 Å². The standard InChI is InChI=1S/C17H16O/c1-10-8-14-9-13-6-4-5-7-15(13)17(18)16(14)12(3)11(10)2/h4-8H,9H2,1-3H3. The molecular formula is C17H16O. The molecule has 0 saturated carbocycles. The van der Waals surface area contributed by atoms with E-state index in [1.165, 1.54) is 16.7 Å². The fourth-order valence-electron chi connectivity index (χ4n) is 2.86. The van der Waals surface area contributed by atoms with Gasteiger partial charge in [-0.2, -0.15) is 0 Å². The highest BCUT2D eigenvalue weighted by Crippen LogP contribution is 2.31. The smallest absolute Gasteiger partial charge is 0.193 e. The number of hydrogen-bond donors (Lipinski definition) is 0. The highest BCUT2D eigenvalue weighted by Gasteiger charge is 2.25. The van der Waals surface area contributed by atoms with Gasteiger partial charge in [-0.1, -0.05) is 30.3 Å². The second-order valence-corrected chi connectivity index (χ2v) is 5.14. The van der Waals surface area contributed by atoms with Crippen molar-refractivity contribution in [3.63, 3.8) is 0 Å². The minimum Gasteiger partial charge on any atom is -0.289 e. The Morgan fingerprint density at radius 3 is 2.44 bits per heavy atom. The molecule has 0 atom stereocenters. The lowest BCUT2D eigenvalue weighted by atomic mass is 9.80. The van der Waals surface area contributed by atoms with Crippen LogP contribution in [0.15, 0.2) is 30.3 Å². The summed E-state index contributed by atoms with van der Waals surface area (Å²) in [7, 11) is 0. The first kappa shape index (κ1) is 11.2. The molecule has 1 heteroatoms. The van der Waals surface area contributed by atoms with Crippen molar-refractivity contribution in [2.24, 2.45) is 0 Å². The van der Waals surface area contributed by atoms with Crippen molar-refractivity contribution < 1.29 is 4.79 Å². The van der Waals surface area contributed by atoms with Crippen molar-refractivity contribution in [1.82, 2.24) is 0 Å². The van der Waals surface area contributed by atoms with E-state index in [1.54, 1.807) is 0 Å². The first-order chi connectivity index (χ1) is 8.59. The molecule has 0 N–H and O–H groups in total.